The fourth-order valence-electron chi connectivity index (χ4n) is 1.41. The Morgan fingerprint density at radius 1 is 1.59 bits per heavy atom. The summed E-state index contributed by atoms with van der Waals surface area (Å²) in [4.78, 5) is 23.2. The minimum atomic E-state index is -0.260. The van der Waals surface area contributed by atoms with E-state index in [9.17, 15) is 9.59 Å². The van der Waals surface area contributed by atoms with Crippen molar-refractivity contribution in [1.29, 1.82) is 0 Å². The first-order valence-electron chi connectivity index (χ1n) is 5.32. The molecular weight excluding hydrogens is 238 g/mol. The minimum Gasteiger partial charge on any atom is -0.389 e. The van der Waals surface area contributed by atoms with Gasteiger partial charge in [0.05, 0.1) is 5.56 Å². The predicted molar refractivity (Wildman–Crippen MR) is 69.9 cm³/mol. The molecule has 0 saturated carbocycles. The van der Waals surface area contributed by atoms with Crippen LogP contribution < -0.4 is 16.6 Å². The maximum Gasteiger partial charge on any atom is 0.260 e. The molecule has 0 aromatic carbocycles. The summed E-state index contributed by atoms with van der Waals surface area (Å²) >= 11 is 4.77. The topological polar surface area (TPSA) is 77.1 Å². The highest BCUT2D eigenvalue weighted by Crippen LogP contribution is 1.94. The zero-order chi connectivity index (χ0) is 12.8. The van der Waals surface area contributed by atoms with Crippen LogP contribution in [-0.4, -0.2) is 22.0 Å². The summed E-state index contributed by atoms with van der Waals surface area (Å²) in [6, 6.07) is 3.26. The monoisotopic (exact) mass is 253 g/mol. The maximum atomic E-state index is 11.8. The molecule has 0 saturated heterocycles. The number of carbonyl (C=O) groups is 1. The van der Waals surface area contributed by atoms with E-state index in [-0.39, 0.29) is 22.9 Å². The van der Waals surface area contributed by atoms with E-state index >= 15 is 0 Å². The summed E-state index contributed by atoms with van der Waals surface area (Å²) in [7, 11) is 0. The molecule has 0 spiro atoms. The molecule has 1 aromatic heterocycles. The molecule has 0 radical (unpaired) electrons. The molecule has 1 heterocycles. The highest BCUT2D eigenvalue weighted by atomic mass is 32.1. The third-order valence-corrected chi connectivity index (χ3v) is 2.46. The van der Waals surface area contributed by atoms with E-state index in [1.54, 1.807) is 18.3 Å². The van der Waals surface area contributed by atoms with Crippen LogP contribution in [0.2, 0.25) is 0 Å². The lowest BCUT2D eigenvalue weighted by atomic mass is 10.2. The van der Waals surface area contributed by atoms with Crippen molar-refractivity contribution < 1.29 is 4.79 Å². The van der Waals surface area contributed by atoms with Gasteiger partial charge in [-0.25, -0.2) is 0 Å². The van der Waals surface area contributed by atoms with Gasteiger partial charge in [0.15, 0.2) is 0 Å². The van der Waals surface area contributed by atoms with Gasteiger partial charge in [0.1, 0.15) is 4.99 Å². The van der Waals surface area contributed by atoms with Gasteiger partial charge in [-0.1, -0.05) is 12.2 Å². The molecule has 0 bridgehead atoms. The van der Waals surface area contributed by atoms with Crippen molar-refractivity contribution in [3.63, 3.8) is 0 Å². The number of aromatic nitrogens is 1. The van der Waals surface area contributed by atoms with E-state index in [4.69, 9.17) is 18.0 Å². The Balaban J connectivity index is 2.79. The van der Waals surface area contributed by atoms with Crippen molar-refractivity contribution >= 4 is 23.1 Å². The van der Waals surface area contributed by atoms with Gasteiger partial charge in [-0.3, -0.25) is 9.59 Å². The second-order valence-corrected chi connectivity index (χ2v) is 3.93. The zero-order valence-electron chi connectivity index (χ0n) is 9.60. The number of carbonyl (C=O) groups excluding carboxylic acids is 1. The SMILES string of the molecule is CCNC(=O)CCn1cccc(C(N)=S)c1=O. The maximum absolute atomic E-state index is 11.8. The molecule has 1 amide bonds. The van der Waals surface area contributed by atoms with Gasteiger partial charge < -0.3 is 15.6 Å². The van der Waals surface area contributed by atoms with Gasteiger partial charge in [0, 0.05) is 25.7 Å². The summed E-state index contributed by atoms with van der Waals surface area (Å²) in [6.45, 7) is 2.75. The van der Waals surface area contributed by atoms with E-state index in [0.717, 1.165) is 0 Å². The minimum absolute atomic E-state index is 0.0716. The van der Waals surface area contributed by atoms with Crippen molar-refractivity contribution in [2.45, 2.75) is 19.9 Å². The average molecular weight is 253 g/mol. The van der Waals surface area contributed by atoms with Gasteiger partial charge in [-0.2, -0.15) is 0 Å². The lowest BCUT2D eigenvalue weighted by molar-refractivity contribution is -0.121. The van der Waals surface area contributed by atoms with Crippen LogP contribution >= 0.6 is 12.2 Å². The summed E-state index contributed by atoms with van der Waals surface area (Å²) in [5, 5.41) is 2.67. The van der Waals surface area contributed by atoms with Gasteiger partial charge in [0.2, 0.25) is 5.91 Å². The summed E-state index contributed by atoms with van der Waals surface area (Å²) in [5.74, 6) is -0.0832. The van der Waals surface area contributed by atoms with Crippen LogP contribution in [0, 0.1) is 0 Å². The fourth-order valence-corrected chi connectivity index (χ4v) is 1.56. The largest absolute Gasteiger partial charge is 0.389 e. The van der Waals surface area contributed by atoms with Crippen molar-refractivity contribution in [3.05, 3.63) is 34.2 Å². The van der Waals surface area contributed by atoms with Crippen LogP contribution in [0.4, 0.5) is 0 Å². The highest BCUT2D eigenvalue weighted by molar-refractivity contribution is 7.80. The Bertz CT molecular complexity index is 482. The number of nitrogens with zero attached hydrogens (tertiary/aromatic N) is 1. The number of hydrogen-bond acceptors (Lipinski definition) is 3. The van der Waals surface area contributed by atoms with Gasteiger partial charge in [-0.15, -0.1) is 0 Å². The molecule has 0 aliphatic heterocycles. The molecule has 1 rings (SSSR count). The number of nitrogens with one attached hydrogen (secondary N) is 1. The summed E-state index contributed by atoms with van der Waals surface area (Å²) in [6.07, 6.45) is 1.87. The van der Waals surface area contributed by atoms with E-state index in [1.807, 2.05) is 6.92 Å². The second kappa shape index (κ2) is 6.15. The third-order valence-electron chi connectivity index (χ3n) is 2.24. The number of thiocarbonyl (C=S) groups is 1. The summed E-state index contributed by atoms with van der Waals surface area (Å²) in [5.41, 5.74) is 5.47. The molecule has 0 aliphatic carbocycles. The Morgan fingerprint density at radius 3 is 2.88 bits per heavy atom. The van der Waals surface area contributed by atoms with Crippen molar-refractivity contribution in [1.82, 2.24) is 9.88 Å². The average Bonchev–Trinajstić information content (AvgIpc) is 2.27. The fraction of sp³-hybridized carbons (Fsp3) is 0.364. The molecule has 0 aliphatic rings. The first-order chi connectivity index (χ1) is 8.06. The number of rotatable bonds is 5. The van der Waals surface area contributed by atoms with E-state index < -0.39 is 0 Å². The number of aryl methyl sites for hydroxylation is 1. The van der Waals surface area contributed by atoms with E-state index in [0.29, 0.717) is 18.7 Å². The van der Waals surface area contributed by atoms with Crippen LogP contribution in [-0.2, 0) is 11.3 Å². The molecule has 92 valence electrons. The highest BCUT2D eigenvalue weighted by Gasteiger charge is 2.06. The van der Waals surface area contributed by atoms with Gasteiger partial charge >= 0.3 is 0 Å². The smallest absolute Gasteiger partial charge is 0.260 e. The van der Waals surface area contributed by atoms with Crippen LogP contribution in [0.15, 0.2) is 23.1 Å². The Kier molecular flexibility index (Phi) is 4.84. The molecule has 5 nitrogen and oxygen atoms in total. The quantitative estimate of drug-likeness (QED) is 0.725. The van der Waals surface area contributed by atoms with E-state index in [1.165, 1.54) is 4.57 Å². The van der Waals surface area contributed by atoms with Crippen molar-refractivity contribution in [2.24, 2.45) is 5.73 Å². The van der Waals surface area contributed by atoms with Crippen molar-refractivity contribution in [3.8, 4) is 0 Å². The number of amides is 1. The van der Waals surface area contributed by atoms with Crippen LogP contribution in [0.5, 0.6) is 0 Å². The number of pyridine rings is 1. The predicted octanol–water partition coefficient (Wildman–Crippen LogP) is 0.00870. The molecule has 0 fully saturated rings. The van der Waals surface area contributed by atoms with Crippen LogP contribution in [0.25, 0.3) is 0 Å². The third kappa shape index (κ3) is 3.67. The molecule has 1 aromatic rings. The first kappa shape index (κ1) is 13.4. The van der Waals surface area contributed by atoms with Crippen LogP contribution in [0.3, 0.4) is 0 Å². The molecular formula is C11H15N3O2S. The lowest BCUT2D eigenvalue weighted by Gasteiger charge is -2.07. The lowest BCUT2D eigenvalue weighted by Crippen LogP contribution is -2.30. The molecule has 3 N–H and O–H groups in total. The zero-order valence-corrected chi connectivity index (χ0v) is 10.4. The van der Waals surface area contributed by atoms with Gasteiger partial charge in [0.25, 0.3) is 5.56 Å². The summed E-state index contributed by atoms with van der Waals surface area (Å²) < 4.78 is 1.43. The molecule has 0 atom stereocenters. The normalized spacial score (nSPS) is 9.94. The number of nitrogens with two attached hydrogens (primary N) is 1. The Morgan fingerprint density at radius 2 is 2.29 bits per heavy atom. The Labute approximate surface area is 105 Å². The first-order valence-corrected chi connectivity index (χ1v) is 5.73. The Hall–Kier alpha value is -1.69. The van der Waals surface area contributed by atoms with Gasteiger partial charge in [-0.05, 0) is 19.1 Å². The van der Waals surface area contributed by atoms with E-state index in [2.05, 4.69) is 5.32 Å². The second-order valence-electron chi connectivity index (χ2n) is 3.49. The number of hydrogen-bond donors (Lipinski definition) is 2. The molecule has 6 heteroatoms. The standard InChI is InChI=1S/C11H15N3O2S/c1-2-13-9(15)5-7-14-6-3-4-8(10(12)17)11(14)16/h3-4,6H,2,5,7H2,1H3,(H2,12,17)(H,13,15). The molecule has 17 heavy (non-hydrogen) atoms. The van der Waals surface area contributed by atoms with Crippen LogP contribution in [0.1, 0.15) is 18.9 Å². The molecule has 0 unspecified atom stereocenters. The van der Waals surface area contributed by atoms with Crippen molar-refractivity contribution in [2.75, 3.05) is 6.54 Å².